The highest BCUT2D eigenvalue weighted by Crippen LogP contribution is 2.24. The Bertz CT molecular complexity index is 600. The Morgan fingerprint density at radius 2 is 2.38 bits per heavy atom. The highest BCUT2D eigenvalue weighted by molar-refractivity contribution is 7.10. The van der Waals surface area contributed by atoms with Gasteiger partial charge in [0.25, 0.3) is 0 Å². The van der Waals surface area contributed by atoms with Crippen molar-refractivity contribution < 1.29 is 4.74 Å². The standard InChI is InChI=1S/C12H17ClN6OS/c1-7(2)11-14-12(17-16-11)9-6-19(3-4-20-9)5-8-10(13)21-18-15-8/h7,9H,3-6H2,1-2H3,(H,14,16,17)/t9-/m0/s1. The summed E-state index contributed by atoms with van der Waals surface area (Å²) in [5.41, 5.74) is 0.822. The summed E-state index contributed by atoms with van der Waals surface area (Å²) in [4.78, 5) is 6.76. The van der Waals surface area contributed by atoms with Gasteiger partial charge in [0.05, 0.1) is 6.61 Å². The van der Waals surface area contributed by atoms with E-state index >= 15 is 0 Å². The van der Waals surface area contributed by atoms with Crippen molar-refractivity contribution in [2.45, 2.75) is 32.4 Å². The van der Waals surface area contributed by atoms with Crippen LogP contribution in [-0.4, -0.2) is 49.4 Å². The molecule has 0 aliphatic carbocycles. The van der Waals surface area contributed by atoms with Crippen LogP contribution in [0.1, 0.15) is 43.2 Å². The molecule has 1 aliphatic rings. The van der Waals surface area contributed by atoms with Gasteiger partial charge in [-0.3, -0.25) is 10.00 Å². The first kappa shape index (κ1) is 14.8. The Labute approximate surface area is 131 Å². The summed E-state index contributed by atoms with van der Waals surface area (Å²) in [6.45, 7) is 7.05. The fraction of sp³-hybridized carbons (Fsp3) is 0.667. The van der Waals surface area contributed by atoms with Crippen LogP contribution < -0.4 is 0 Å². The van der Waals surface area contributed by atoms with E-state index in [1.165, 1.54) is 11.5 Å². The molecule has 2 aromatic rings. The van der Waals surface area contributed by atoms with Crippen molar-refractivity contribution in [2.24, 2.45) is 0 Å². The monoisotopic (exact) mass is 328 g/mol. The summed E-state index contributed by atoms with van der Waals surface area (Å²) < 4.78 is 10.3. The average Bonchev–Trinajstić information content (AvgIpc) is 3.09. The van der Waals surface area contributed by atoms with E-state index in [1.807, 2.05) is 0 Å². The number of rotatable bonds is 4. The topological polar surface area (TPSA) is 79.8 Å². The van der Waals surface area contributed by atoms with Crippen molar-refractivity contribution in [1.29, 1.82) is 0 Å². The summed E-state index contributed by atoms with van der Waals surface area (Å²) in [5, 5.41) is 11.3. The van der Waals surface area contributed by atoms with Gasteiger partial charge >= 0.3 is 0 Å². The number of ether oxygens (including phenoxy) is 1. The van der Waals surface area contributed by atoms with Gasteiger partial charge in [0, 0.05) is 37.1 Å². The van der Waals surface area contributed by atoms with Crippen molar-refractivity contribution in [1.82, 2.24) is 29.7 Å². The van der Waals surface area contributed by atoms with E-state index < -0.39 is 0 Å². The van der Waals surface area contributed by atoms with Crippen LogP contribution in [0.4, 0.5) is 0 Å². The molecule has 1 fully saturated rings. The van der Waals surface area contributed by atoms with E-state index in [4.69, 9.17) is 16.3 Å². The van der Waals surface area contributed by atoms with E-state index in [0.29, 0.717) is 23.4 Å². The molecule has 0 spiro atoms. The summed E-state index contributed by atoms with van der Waals surface area (Å²) in [7, 11) is 0. The molecule has 7 nitrogen and oxygen atoms in total. The first-order valence-corrected chi connectivity index (χ1v) is 8.01. The zero-order valence-corrected chi connectivity index (χ0v) is 13.5. The zero-order valence-electron chi connectivity index (χ0n) is 11.9. The first-order valence-electron chi connectivity index (χ1n) is 6.86. The molecule has 0 bridgehead atoms. The number of morpholine rings is 1. The Hall–Kier alpha value is -1.09. The Morgan fingerprint density at radius 3 is 3.05 bits per heavy atom. The van der Waals surface area contributed by atoms with Crippen LogP contribution in [0.25, 0.3) is 0 Å². The summed E-state index contributed by atoms with van der Waals surface area (Å²) in [6.07, 6.45) is -0.0934. The van der Waals surface area contributed by atoms with E-state index in [1.54, 1.807) is 0 Å². The molecular weight excluding hydrogens is 312 g/mol. The number of nitrogens with one attached hydrogen (secondary N) is 1. The van der Waals surface area contributed by atoms with Crippen molar-refractivity contribution in [3.8, 4) is 0 Å². The van der Waals surface area contributed by atoms with Crippen molar-refractivity contribution in [3.05, 3.63) is 21.7 Å². The summed E-state index contributed by atoms with van der Waals surface area (Å²) >= 11 is 7.27. The van der Waals surface area contributed by atoms with Crippen LogP contribution in [0, 0.1) is 0 Å². The van der Waals surface area contributed by atoms with Gasteiger partial charge in [0.15, 0.2) is 11.6 Å². The van der Waals surface area contributed by atoms with E-state index in [2.05, 4.69) is 43.5 Å². The lowest BCUT2D eigenvalue weighted by Gasteiger charge is -2.31. The second-order valence-corrected chi connectivity index (χ2v) is 6.68. The molecule has 114 valence electrons. The predicted molar refractivity (Wildman–Crippen MR) is 79.4 cm³/mol. The molecule has 21 heavy (non-hydrogen) atoms. The lowest BCUT2D eigenvalue weighted by molar-refractivity contribution is -0.0374. The number of nitrogens with zero attached hydrogens (tertiary/aromatic N) is 5. The third kappa shape index (κ3) is 3.39. The Kier molecular flexibility index (Phi) is 4.48. The lowest BCUT2D eigenvalue weighted by atomic mass is 10.2. The molecule has 0 saturated carbocycles. The largest absolute Gasteiger partial charge is 0.368 e. The normalized spacial score (nSPS) is 20.3. The molecule has 0 radical (unpaired) electrons. The zero-order chi connectivity index (χ0) is 14.8. The smallest absolute Gasteiger partial charge is 0.155 e. The first-order chi connectivity index (χ1) is 10.1. The number of aromatic nitrogens is 5. The van der Waals surface area contributed by atoms with Crippen molar-refractivity contribution in [3.63, 3.8) is 0 Å². The Balaban J connectivity index is 1.66. The molecule has 1 aliphatic heterocycles. The van der Waals surface area contributed by atoms with Crippen molar-refractivity contribution in [2.75, 3.05) is 19.7 Å². The molecule has 3 rings (SSSR count). The molecule has 1 saturated heterocycles. The number of hydrogen-bond acceptors (Lipinski definition) is 7. The molecule has 0 amide bonds. The molecule has 1 atom stereocenters. The quantitative estimate of drug-likeness (QED) is 0.924. The van der Waals surface area contributed by atoms with Crippen LogP contribution in [-0.2, 0) is 11.3 Å². The number of H-pyrrole nitrogens is 1. The fourth-order valence-electron chi connectivity index (χ4n) is 2.20. The maximum Gasteiger partial charge on any atom is 0.155 e. The lowest BCUT2D eigenvalue weighted by Crippen LogP contribution is -2.38. The van der Waals surface area contributed by atoms with E-state index in [9.17, 15) is 0 Å². The van der Waals surface area contributed by atoms with Gasteiger partial charge in [-0.2, -0.15) is 5.10 Å². The molecule has 3 heterocycles. The van der Waals surface area contributed by atoms with Crippen molar-refractivity contribution >= 4 is 23.1 Å². The Morgan fingerprint density at radius 1 is 1.52 bits per heavy atom. The van der Waals surface area contributed by atoms with Crippen LogP contribution in [0.3, 0.4) is 0 Å². The number of hydrogen-bond donors (Lipinski definition) is 1. The molecular formula is C12H17ClN6OS. The second kappa shape index (κ2) is 6.35. The SMILES string of the molecule is CC(C)c1n[nH]c([C@@H]2CN(Cc3nnsc3Cl)CCO2)n1. The van der Waals surface area contributed by atoms with Gasteiger partial charge in [-0.05, 0) is 0 Å². The maximum absolute atomic E-state index is 6.06. The minimum absolute atomic E-state index is 0.0934. The van der Waals surface area contributed by atoms with Gasteiger partial charge in [-0.25, -0.2) is 4.98 Å². The van der Waals surface area contributed by atoms with E-state index in [-0.39, 0.29) is 6.10 Å². The van der Waals surface area contributed by atoms with Gasteiger partial charge in [-0.1, -0.05) is 29.9 Å². The minimum Gasteiger partial charge on any atom is -0.368 e. The molecule has 9 heteroatoms. The average molecular weight is 329 g/mol. The maximum atomic E-state index is 6.06. The third-order valence-electron chi connectivity index (χ3n) is 3.37. The highest BCUT2D eigenvalue weighted by atomic mass is 35.5. The molecule has 1 N–H and O–H groups in total. The van der Waals surface area contributed by atoms with Crippen LogP contribution in [0.2, 0.25) is 4.34 Å². The minimum atomic E-state index is -0.0934. The number of aromatic amines is 1. The highest BCUT2D eigenvalue weighted by Gasteiger charge is 2.26. The van der Waals surface area contributed by atoms with Gasteiger partial charge in [0.2, 0.25) is 0 Å². The van der Waals surface area contributed by atoms with Crippen LogP contribution >= 0.6 is 23.1 Å². The van der Waals surface area contributed by atoms with Crippen LogP contribution in [0.5, 0.6) is 0 Å². The summed E-state index contributed by atoms with van der Waals surface area (Å²) in [6, 6.07) is 0. The van der Waals surface area contributed by atoms with Gasteiger partial charge < -0.3 is 4.74 Å². The predicted octanol–water partition coefficient (Wildman–Crippen LogP) is 2.01. The van der Waals surface area contributed by atoms with E-state index in [0.717, 1.165) is 30.4 Å². The van der Waals surface area contributed by atoms with Gasteiger partial charge in [0.1, 0.15) is 16.1 Å². The summed E-state index contributed by atoms with van der Waals surface area (Å²) in [5.74, 6) is 1.90. The number of halogens is 1. The molecule has 2 aromatic heterocycles. The second-order valence-electron chi connectivity index (χ2n) is 5.32. The third-order valence-corrected chi connectivity index (χ3v) is 4.36. The molecule has 0 aromatic carbocycles. The fourth-order valence-corrected chi connectivity index (χ4v) is 2.82. The molecule has 0 unspecified atom stereocenters. The van der Waals surface area contributed by atoms with Gasteiger partial charge in [-0.15, -0.1) is 5.10 Å². The van der Waals surface area contributed by atoms with Crippen LogP contribution in [0.15, 0.2) is 0 Å².